The number of carbonyl (C=O) groups is 3. The molecule has 0 spiro atoms. The van der Waals surface area contributed by atoms with Gasteiger partial charge in [-0.2, -0.15) is 0 Å². The largest absolute Gasteiger partial charge is 0.376 e. The van der Waals surface area contributed by atoms with Crippen molar-refractivity contribution in [2.45, 2.75) is 71.9 Å². The van der Waals surface area contributed by atoms with E-state index in [1.165, 1.54) is 0 Å². The normalized spacial score (nSPS) is 20.9. The first-order valence-electron chi connectivity index (χ1n) is 10.1. The molecule has 1 rings (SSSR count). The maximum Gasteiger partial charge on any atom is 0.246 e. The van der Waals surface area contributed by atoms with Gasteiger partial charge in [0.05, 0.1) is 25.9 Å². The summed E-state index contributed by atoms with van der Waals surface area (Å²) in [5, 5.41) is 5.49. The van der Waals surface area contributed by atoms with Crippen LogP contribution in [-0.4, -0.2) is 56.1 Å². The molecule has 1 fully saturated rings. The molecule has 0 saturated heterocycles. The lowest BCUT2D eigenvalue weighted by atomic mass is 9.80. The summed E-state index contributed by atoms with van der Waals surface area (Å²) in [5.41, 5.74) is 0. The van der Waals surface area contributed by atoms with Crippen LogP contribution >= 0.6 is 0 Å². The van der Waals surface area contributed by atoms with Crippen molar-refractivity contribution < 1.29 is 23.9 Å². The summed E-state index contributed by atoms with van der Waals surface area (Å²) in [5.74, 6) is -0.0110. The number of nitrogens with one attached hydrogen (secondary N) is 2. The molecular formula is C20H36N2O5. The van der Waals surface area contributed by atoms with Gasteiger partial charge in [0.25, 0.3) is 0 Å². The lowest BCUT2D eigenvalue weighted by molar-refractivity contribution is -0.130. The van der Waals surface area contributed by atoms with Crippen molar-refractivity contribution in [1.29, 1.82) is 0 Å². The van der Waals surface area contributed by atoms with Crippen LogP contribution in [0.5, 0.6) is 0 Å². The maximum absolute atomic E-state index is 12.0. The third kappa shape index (κ3) is 9.86. The molecule has 0 heterocycles. The number of ether oxygens (including phenoxy) is 2. The van der Waals surface area contributed by atoms with E-state index >= 15 is 0 Å². The predicted molar refractivity (Wildman–Crippen MR) is 103 cm³/mol. The highest BCUT2D eigenvalue weighted by Crippen LogP contribution is 2.27. The maximum atomic E-state index is 12.0. The number of carbonyl (C=O) groups excluding carboxylic acids is 3. The van der Waals surface area contributed by atoms with Crippen molar-refractivity contribution in [2.24, 2.45) is 11.8 Å². The quantitative estimate of drug-likeness (QED) is 0.501. The molecule has 0 aromatic heterocycles. The van der Waals surface area contributed by atoms with Gasteiger partial charge < -0.3 is 20.1 Å². The molecule has 27 heavy (non-hydrogen) atoms. The number of ketones is 1. The summed E-state index contributed by atoms with van der Waals surface area (Å²) in [6.45, 7) is 8.55. The first-order valence-corrected chi connectivity index (χ1v) is 10.1. The molecule has 1 saturated carbocycles. The lowest BCUT2D eigenvalue weighted by Crippen LogP contribution is -2.44. The van der Waals surface area contributed by atoms with Gasteiger partial charge >= 0.3 is 0 Å². The molecule has 0 bridgehead atoms. The van der Waals surface area contributed by atoms with Gasteiger partial charge in [0, 0.05) is 17.9 Å². The van der Waals surface area contributed by atoms with Crippen LogP contribution in [0, 0.1) is 11.8 Å². The van der Waals surface area contributed by atoms with E-state index in [9.17, 15) is 14.4 Å². The SMILES string of the molecule is CCC(C)OCCOCC(=O)NCC(=O)NC1CCC(C(=O)C(C)C)CC1. The zero-order valence-electron chi connectivity index (χ0n) is 17.2. The third-order valence-electron chi connectivity index (χ3n) is 4.95. The van der Waals surface area contributed by atoms with Gasteiger partial charge in [-0.15, -0.1) is 0 Å². The smallest absolute Gasteiger partial charge is 0.246 e. The number of rotatable bonds is 12. The van der Waals surface area contributed by atoms with Crippen molar-refractivity contribution >= 4 is 17.6 Å². The van der Waals surface area contributed by atoms with E-state index in [1.54, 1.807) is 0 Å². The predicted octanol–water partition coefficient (Wildman–Crippen LogP) is 1.83. The summed E-state index contributed by atoms with van der Waals surface area (Å²) in [4.78, 5) is 35.7. The zero-order valence-corrected chi connectivity index (χ0v) is 17.2. The monoisotopic (exact) mass is 384 g/mol. The van der Waals surface area contributed by atoms with E-state index in [2.05, 4.69) is 10.6 Å². The highest BCUT2D eigenvalue weighted by Gasteiger charge is 2.28. The Morgan fingerprint density at radius 1 is 1.00 bits per heavy atom. The Hall–Kier alpha value is -1.47. The number of Topliss-reactive ketones (excluding diaryl/α,β-unsaturated/α-hetero) is 1. The molecule has 0 aliphatic heterocycles. The minimum atomic E-state index is -0.320. The average molecular weight is 385 g/mol. The second-order valence-electron chi connectivity index (χ2n) is 7.59. The van der Waals surface area contributed by atoms with Crippen molar-refractivity contribution in [2.75, 3.05) is 26.4 Å². The van der Waals surface area contributed by atoms with E-state index in [1.807, 2.05) is 27.7 Å². The number of hydrogen-bond donors (Lipinski definition) is 2. The molecular weight excluding hydrogens is 348 g/mol. The van der Waals surface area contributed by atoms with E-state index < -0.39 is 0 Å². The Kier molecular flexibility index (Phi) is 11.2. The Morgan fingerprint density at radius 3 is 2.26 bits per heavy atom. The highest BCUT2D eigenvalue weighted by molar-refractivity contribution is 5.85. The van der Waals surface area contributed by atoms with Crippen LogP contribution in [0.2, 0.25) is 0 Å². The molecule has 1 unspecified atom stereocenters. The van der Waals surface area contributed by atoms with E-state index in [-0.39, 0.29) is 48.9 Å². The molecule has 0 radical (unpaired) electrons. The first-order chi connectivity index (χ1) is 12.8. The van der Waals surface area contributed by atoms with E-state index in [0.717, 1.165) is 32.1 Å². The van der Waals surface area contributed by atoms with Gasteiger partial charge in [-0.3, -0.25) is 14.4 Å². The fourth-order valence-corrected chi connectivity index (χ4v) is 3.09. The molecule has 2 amide bonds. The summed E-state index contributed by atoms with van der Waals surface area (Å²) in [6, 6.07) is 0.0829. The molecule has 1 aliphatic carbocycles. The Morgan fingerprint density at radius 2 is 1.67 bits per heavy atom. The van der Waals surface area contributed by atoms with Crippen molar-refractivity contribution in [3.63, 3.8) is 0 Å². The van der Waals surface area contributed by atoms with Crippen LogP contribution in [0.3, 0.4) is 0 Å². The molecule has 0 aromatic carbocycles. The van der Waals surface area contributed by atoms with Crippen LogP contribution in [0.25, 0.3) is 0 Å². The second-order valence-corrected chi connectivity index (χ2v) is 7.59. The summed E-state index contributed by atoms with van der Waals surface area (Å²) in [6.07, 6.45) is 4.38. The zero-order chi connectivity index (χ0) is 20.2. The first kappa shape index (κ1) is 23.6. The minimum absolute atomic E-state index is 0.0591. The molecule has 7 nitrogen and oxygen atoms in total. The number of amides is 2. The number of hydrogen-bond acceptors (Lipinski definition) is 5. The van der Waals surface area contributed by atoms with Crippen LogP contribution in [-0.2, 0) is 23.9 Å². The Balaban J connectivity index is 2.10. The van der Waals surface area contributed by atoms with Crippen LogP contribution in [0.4, 0.5) is 0 Å². The molecule has 1 atom stereocenters. The van der Waals surface area contributed by atoms with Crippen molar-refractivity contribution in [3.8, 4) is 0 Å². The van der Waals surface area contributed by atoms with Gasteiger partial charge in [-0.1, -0.05) is 20.8 Å². The molecule has 0 aromatic rings. The van der Waals surface area contributed by atoms with Crippen molar-refractivity contribution in [3.05, 3.63) is 0 Å². The third-order valence-corrected chi connectivity index (χ3v) is 4.95. The van der Waals surface area contributed by atoms with Crippen molar-refractivity contribution in [1.82, 2.24) is 10.6 Å². The van der Waals surface area contributed by atoms with Crippen LogP contribution in [0.15, 0.2) is 0 Å². The standard InChI is InChI=1S/C20H36N2O5/c1-5-15(4)27-11-10-26-13-19(24)21-12-18(23)22-17-8-6-16(7-9-17)20(25)14(2)3/h14-17H,5-13H2,1-4H3,(H,21,24)(H,22,23). The topological polar surface area (TPSA) is 93.7 Å². The fraction of sp³-hybridized carbons (Fsp3) is 0.850. The Labute approximate surface area is 162 Å². The fourth-order valence-electron chi connectivity index (χ4n) is 3.09. The molecule has 156 valence electrons. The van der Waals surface area contributed by atoms with E-state index in [4.69, 9.17) is 9.47 Å². The second kappa shape index (κ2) is 12.8. The van der Waals surface area contributed by atoms with Gasteiger partial charge in [-0.25, -0.2) is 0 Å². The lowest BCUT2D eigenvalue weighted by Gasteiger charge is -2.29. The molecule has 1 aliphatic rings. The summed E-state index contributed by atoms with van der Waals surface area (Å²) >= 11 is 0. The molecule has 2 N–H and O–H groups in total. The van der Waals surface area contributed by atoms with Gasteiger partial charge in [0.2, 0.25) is 11.8 Å². The minimum Gasteiger partial charge on any atom is -0.376 e. The Bertz CT molecular complexity index is 473. The van der Waals surface area contributed by atoms with E-state index in [0.29, 0.717) is 19.0 Å². The summed E-state index contributed by atoms with van der Waals surface area (Å²) in [7, 11) is 0. The van der Waals surface area contributed by atoms with Crippen LogP contribution in [0.1, 0.15) is 59.8 Å². The van der Waals surface area contributed by atoms with Gasteiger partial charge in [0.15, 0.2) is 0 Å². The van der Waals surface area contributed by atoms with Gasteiger partial charge in [-0.05, 0) is 39.0 Å². The molecule has 7 heteroatoms. The average Bonchev–Trinajstić information content (AvgIpc) is 2.65. The highest BCUT2D eigenvalue weighted by atomic mass is 16.5. The van der Waals surface area contributed by atoms with Gasteiger partial charge in [0.1, 0.15) is 12.4 Å². The summed E-state index contributed by atoms with van der Waals surface area (Å²) < 4.78 is 10.7. The van der Waals surface area contributed by atoms with Crippen LogP contribution < -0.4 is 10.6 Å².